The lowest BCUT2D eigenvalue weighted by molar-refractivity contribution is -0.0124. The predicted molar refractivity (Wildman–Crippen MR) is 69.2 cm³/mol. The Balaban J connectivity index is 1.89. The molecular formula is C12H23N5O. The second-order valence-electron chi connectivity index (χ2n) is 4.70. The lowest BCUT2D eigenvalue weighted by Gasteiger charge is -2.35. The van der Waals surface area contributed by atoms with Crippen LogP contribution < -0.4 is 5.32 Å². The molecule has 2 rings (SSSR count). The molecule has 1 aromatic rings. The highest BCUT2D eigenvalue weighted by Crippen LogP contribution is 2.10. The molecule has 1 saturated heterocycles. The van der Waals surface area contributed by atoms with Crippen molar-refractivity contribution in [2.24, 2.45) is 7.05 Å². The third-order valence-corrected chi connectivity index (χ3v) is 3.31. The van der Waals surface area contributed by atoms with Gasteiger partial charge in [0.1, 0.15) is 12.2 Å². The second kappa shape index (κ2) is 6.82. The molecule has 1 N–H and O–H groups in total. The van der Waals surface area contributed by atoms with Crippen LogP contribution in [0.3, 0.4) is 0 Å². The second-order valence-corrected chi connectivity index (χ2v) is 4.70. The third-order valence-electron chi connectivity index (χ3n) is 3.31. The van der Waals surface area contributed by atoms with E-state index < -0.39 is 0 Å². The molecule has 0 aromatic carbocycles. The SMILES string of the molecule is CCCNCC1COCCN1Cc1ncnn1C. The van der Waals surface area contributed by atoms with Crippen LogP contribution in [0.15, 0.2) is 6.33 Å². The van der Waals surface area contributed by atoms with Crippen LogP contribution in [0, 0.1) is 0 Å². The molecule has 18 heavy (non-hydrogen) atoms. The van der Waals surface area contributed by atoms with Gasteiger partial charge in [-0.3, -0.25) is 9.58 Å². The molecule has 6 heteroatoms. The summed E-state index contributed by atoms with van der Waals surface area (Å²) >= 11 is 0. The molecule has 1 fully saturated rings. The van der Waals surface area contributed by atoms with Crippen molar-refractivity contribution < 1.29 is 4.74 Å². The molecule has 1 aliphatic rings. The predicted octanol–water partition coefficient (Wildman–Crippen LogP) is 0.0155. The van der Waals surface area contributed by atoms with Gasteiger partial charge < -0.3 is 10.1 Å². The minimum absolute atomic E-state index is 0.432. The van der Waals surface area contributed by atoms with Crippen LogP contribution in [-0.2, 0) is 18.3 Å². The maximum Gasteiger partial charge on any atom is 0.140 e. The lowest BCUT2D eigenvalue weighted by Crippen LogP contribution is -2.50. The summed E-state index contributed by atoms with van der Waals surface area (Å²) in [5.74, 6) is 1.01. The number of aromatic nitrogens is 3. The van der Waals surface area contributed by atoms with Crippen molar-refractivity contribution >= 4 is 0 Å². The summed E-state index contributed by atoms with van der Waals surface area (Å²) in [5.41, 5.74) is 0. The molecule has 0 radical (unpaired) electrons. The molecular weight excluding hydrogens is 230 g/mol. The maximum absolute atomic E-state index is 5.57. The number of nitrogens with zero attached hydrogens (tertiary/aromatic N) is 4. The number of ether oxygens (including phenoxy) is 1. The van der Waals surface area contributed by atoms with E-state index in [-0.39, 0.29) is 0 Å². The molecule has 0 aliphatic carbocycles. The number of aryl methyl sites for hydroxylation is 1. The number of morpholine rings is 1. The fourth-order valence-electron chi connectivity index (χ4n) is 2.18. The number of hydrogen-bond donors (Lipinski definition) is 1. The zero-order valence-electron chi connectivity index (χ0n) is 11.3. The van der Waals surface area contributed by atoms with Crippen molar-refractivity contribution in [3.8, 4) is 0 Å². The summed E-state index contributed by atoms with van der Waals surface area (Å²) in [6, 6.07) is 0.432. The molecule has 0 spiro atoms. The summed E-state index contributed by atoms with van der Waals surface area (Å²) in [5, 5.41) is 7.58. The van der Waals surface area contributed by atoms with Gasteiger partial charge in [0.25, 0.3) is 0 Å². The van der Waals surface area contributed by atoms with E-state index in [9.17, 15) is 0 Å². The Morgan fingerprint density at radius 2 is 2.44 bits per heavy atom. The van der Waals surface area contributed by atoms with E-state index in [1.54, 1.807) is 6.33 Å². The van der Waals surface area contributed by atoms with Crippen LogP contribution >= 0.6 is 0 Å². The van der Waals surface area contributed by atoms with Gasteiger partial charge in [0.05, 0.1) is 19.8 Å². The molecule has 1 unspecified atom stereocenters. The molecule has 1 aromatic heterocycles. The highest BCUT2D eigenvalue weighted by molar-refractivity contribution is 4.87. The van der Waals surface area contributed by atoms with E-state index in [4.69, 9.17) is 4.74 Å². The third kappa shape index (κ3) is 3.51. The van der Waals surface area contributed by atoms with E-state index in [0.717, 1.165) is 51.6 Å². The Morgan fingerprint density at radius 3 is 3.17 bits per heavy atom. The monoisotopic (exact) mass is 253 g/mol. The summed E-state index contributed by atoms with van der Waals surface area (Å²) in [7, 11) is 1.94. The van der Waals surface area contributed by atoms with Crippen molar-refractivity contribution in [2.75, 3.05) is 32.8 Å². The highest BCUT2D eigenvalue weighted by atomic mass is 16.5. The van der Waals surface area contributed by atoms with Crippen LogP contribution in [0.1, 0.15) is 19.2 Å². The Hall–Kier alpha value is -0.980. The minimum Gasteiger partial charge on any atom is -0.378 e. The molecule has 0 amide bonds. The van der Waals surface area contributed by atoms with E-state index in [1.165, 1.54) is 0 Å². The van der Waals surface area contributed by atoms with Gasteiger partial charge in [0.2, 0.25) is 0 Å². The van der Waals surface area contributed by atoms with Gasteiger partial charge in [-0.05, 0) is 13.0 Å². The van der Waals surface area contributed by atoms with Gasteiger partial charge in [-0.15, -0.1) is 0 Å². The quantitative estimate of drug-likeness (QED) is 0.724. The number of rotatable bonds is 6. The summed E-state index contributed by atoms with van der Waals surface area (Å²) in [4.78, 5) is 6.72. The normalized spacial score (nSPS) is 21.3. The topological polar surface area (TPSA) is 55.2 Å². The van der Waals surface area contributed by atoms with Gasteiger partial charge in [-0.1, -0.05) is 6.92 Å². The first-order valence-corrected chi connectivity index (χ1v) is 6.66. The molecule has 2 heterocycles. The van der Waals surface area contributed by atoms with E-state index in [2.05, 4.69) is 27.2 Å². The Morgan fingerprint density at radius 1 is 1.56 bits per heavy atom. The van der Waals surface area contributed by atoms with Crippen LogP contribution in [0.5, 0.6) is 0 Å². The van der Waals surface area contributed by atoms with E-state index in [0.29, 0.717) is 6.04 Å². The Labute approximate surface area is 108 Å². The standard InChI is InChI=1S/C12H23N5O/c1-3-4-13-7-11-9-18-6-5-17(11)8-12-14-10-15-16(12)2/h10-11,13H,3-9H2,1-2H3. The van der Waals surface area contributed by atoms with Gasteiger partial charge in [-0.25, -0.2) is 4.98 Å². The number of nitrogens with one attached hydrogen (secondary N) is 1. The lowest BCUT2D eigenvalue weighted by atomic mass is 10.2. The average Bonchev–Trinajstić information content (AvgIpc) is 2.78. The fraction of sp³-hybridized carbons (Fsp3) is 0.833. The van der Waals surface area contributed by atoms with E-state index >= 15 is 0 Å². The molecule has 0 bridgehead atoms. The zero-order valence-corrected chi connectivity index (χ0v) is 11.3. The largest absolute Gasteiger partial charge is 0.378 e. The van der Waals surface area contributed by atoms with Crippen LogP contribution in [0.2, 0.25) is 0 Å². The average molecular weight is 253 g/mol. The Kier molecular flexibility index (Phi) is 5.10. The first kappa shape index (κ1) is 13.5. The first-order chi connectivity index (χ1) is 8.81. The van der Waals surface area contributed by atoms with Gasteiger partial charge in [0, 0.05) is 26.2 Å². The highest BCUT2D eigenvalue weighted by Gasteiger charge is 2.23. The van der Waals surface area contributed by atoms with Crippen molar-refractivity contribution in [1.29, 1.82) is 0 Å². The first-order valence-electron chi connectivity index (χ1n) is 6.66. The van der Waals surface area contributed by atoms with Crippen LogP contribution in [0.4, 0.5) is 0 Å². The van der Waals surface area contributed by atoms with Crippen LogP contribution in [0.25, 0.3) is 0 Å². The summed E-state index contributed by atoms with van der Waals surface area (Å²) in [6.45, 7) is 7.64. The summed E-state index contributed by atoms with van der Waals surface area (Å²) < 4.78 is 7.41. The fourth-order valence-corrected chi connectivity index (χ4v) is 2.18. The van der Waals surface area contributed by atoms with Crippen molar-refractivity contribution in [3.63, 3.8) is 0 Å². The Bertz CT molecular complexity index is 354. The maximum atomic E-state index is 5.57. The van der Waals surface area contributed by atoms with Gasteiger partial charge in [-0.2, -0.15) is 5.10 Å². The zero-order chi connectivity index (χ0) is 12.8. The number of hydrogen-bond acceptors (Lipinski definition) is 5. The molecule has 102 valence electrons. The van der Waals surface area contributed by atoms with Crippen LogP contribution in [-0.4, -0.2) is 58.6 Å². The molecule has 1 aliphatic heterocycles. The molecule has 1 atom stereocenters. The van der Waals surface area contributed by atoms with Crippen molar-refractivity contribution in [1.82, 2.24) is 25.0 Å². The molecule has 0 saturated carbocycles. The van der Waals surface area contributed by atoms with Crippen molar-refractivity contribution in [2.45, 2.75) is 25.9 Å². The summed E-state index contributed by atoms with van der Waals surface area (Å²) in [6.07, 6.45) is 2.77. The van der Waals surface area contributed by atoms with Crippen molar-refractivity contribution in [3.05, 3.63) is 12.2 Å². The van der Waals surface area contributed by atoms with Gasteiger partial charge in [0.15, 0.2) is 0 Å². The smallest absolute Gasteiger partial charge is 0.140 e. The van der Waals surface area contributed by atoms with Gasteiger partial charge >= 0.3 is 0 Å². The minimum atomic E-state index is 0.432. The van der Waals surface area contributed by atoms with E-state index in [1.807, 2.05) is 11.7 Å². The molecule has 6 nitrogen and oxygen atoms in total.